The number of aromatic nitrogens is 1. The molecule has 0 bridgehead atoms. The van der Waals surface area contributed by atoms with Crippen molar-refractivity contribution in [1.29, 1.82) is 0 Å². The number of nitrogens with one attached hydrogen (secondary N) is 2. The van der Waals surface area contributed by atoms with E-state index in [4.69, 9.17) is 0 Å². The number of hydrogen-bond donors (Lipinski definition) is 2. The van der Waals surface area contributed by atoms with Gasteiger partial charge in [-0.2, -0.15) is 0 Å². The van der Waals surface area contributed by atoms with Crippen LogP contribution >= 0.6 is 11.8 Å². The van der Waals surface area contributed by atoms with E-state index in [1.807, 2.05) is 6.20 Å². The van der Waals surface area contributed by atoms with Gasteiger partial charge in [0.15, 0.2) is 0 Å². The lowest BCUT2D eigenvalue weighted by molar-refractivity contribution is 1.16. The van der Waals surface area contributed by atoms with Gasteiger partial charge in [-0.25, -0.2) is 0 Å². The van der Waals surface area contributed by atoms with E-state index in [1.165, 1.54) is 27.0 Å². The number of anilines is 1. The van der Waals surface area contributed by atoms with Crippen LogP contribution in [0.4, 0.5) is 5.69 Å². The zero-order valence-electron chi connectivity index (χ0n) is 10.8. The Labute approximate surface area is 117 Å². The molecule has 1 aromatic heterocycles. The summed E-state index contributed by atoms with van der Waals surface area (Å²) in [6, 6.07) is 17.0. The number of hydrogen-bond acceptors (Lipinski definition) is 2. The third kappa shape index (κ3) is 2.61. The largest absolute Gasteiger partial charge is 0.381 e. The van der Waals surface area contributed by atoms with Gasteiger partial charge in [-0.1, -0.05) is 18.2 Å². The molecular formula is C16H16N2S. The standard InChI is InChI=1S/C16H16N2S/c1-19-14-6-3-5-13(10-14)18-11-12-4-2-7-16-15(12)8-9-17-16/h2-10,17-18H,11H2,1H3. The summed E-state index contributed by atoms with van der Waals surface area (Å²) in [5, 5.41) is 4.78. The lowest BCUT2D eigenvalue weighted by atomic mass is 10.1. The summed E-state index contributed by atoms with van der Waals surface area (Å²) in [6.45, 7) is 0.840. The summed E-state index contributed by atoms with van der Waals surface area (Å²) >= 11 is 1.76. The van der Waals surface area contributed by atoms with Crippen LogP contribution in [-0.2, 0) is 6.54 Å². The maximum atomic E-state index is 3.49. The maximum Gasteiger partial charge on any atom is 0.0457 e. The summed E-state index contributed by atoms with van der Waals surface area (Å²) in [5.41, 5.74) is 3.67. The first-order valence-electron chi connectivity index (χ1n) is 6.30. The first-order valence-corrected chi connectivity index (χ1v) is 7.52. The fourth-order valence-corrected chi connectivity index (χ4v) is 2.69. The van der Waals surface area contributed by atoms with Gasteiger partial charge in [-0.15, -0.1) is 11.8 Å². The fraction of sp³-hybridized carbons (Fsp3) is 0.125. The molecule has 19 heavy (non-hydrogen) atoms. The predicted molar refractivity (Wildman–Crippen MR) is 83.8 cm³/mol. The molecule has 0 aliphatic rings. The van der Waals surface area contributed by atoms with Crippen molar-refractivity contribution in [2.24, 2.45) is 0 Å². The van der Waals surface area contributed by atoms with Gasteiger partial charge in [0, 0.05) is 34.2 Å². The second-order valence-electron chi connectivity index (χ2n) is 4.44. The minimum Gasteiger partial charge on any atom is -0.381 e. The van der Waals surface area contributed by atoms with Gasteiger partial charge in [0.2, 0.25) is 0 Å². The molecule has 96 valence electrons. The Bertz CT molecular complexity index is 688. The van der Waals surface area contributed by atoms with E-state index in [1.54, 1.807) is 11.8 Å². The number of H-pyrrole nitrogens is 1. The van der Waals surface area contributed by atoms with Crippen molar-refractivity contribution in [2.45, 2.75) is 11.4 Å². The molecule has 1 heterocycles. The van der Waals surface area contributed by atoms with Crippen molar-refractivity contribution in [3.63, 3.8) is 0 Å². The van der Waals surface area contributed by atoms with Gasteiger partial charge in [0.05, 0.1) is 0 Å². The Morgan fingerprint density at radius 2 is 2.00 bits per heavy atom. The third-order valence-corrected chi connectivity index (χ3v) is 3.96. The minimum absolute atomic E-state index is 0.840. The van der Waals surface area contributed by atoms with Gasteiger partial charge in [0.1, 0.15) is 0 Å². The van der Waals surface area contributed by atoms with Crippen LogP contribution in [0.2, 0.25) is 0 Å². The zero-order valence-corrected chi connectivity index (χ0v) is 11.6. The molecule has 0 saturated heterocycles. The van der Waals surface area contributed by atoms with Crippen LogP contribution < -0.4 is 5.32 Å². The quantitative estimate of drug-likeness (QED) is 0.682. The number of fused-ring (bicyclic) bond motifs is 1. The second-order valence-corrected chi connectivity index (χ2v) is 5.32. The minimum atomic E-state index is 0.840. The molecule has 3 heteroatoms. The van der Waals surface area contributed by atoms with Gasteiger partial charge >= 0.3 is 0 Å². The first kappa shape index (κ1) is 12.2. The highest BCUT2D eigenvalue weighted by atomic mass is 32.2. The van der Waals surface area contributed by atoms with Crippen LogP contribution in [0.25, 0.3) is 10.9 Å². The summed E-state index contributed by atoms with van der Waals surface area (Å²) in [6.07, 6.45) is 4.09. The molecule has 0 spiro atoms. The van der Waals surface area contributed by atoms with Crippen molar-refractivity contribution in [1.82, 2.24) is 4.98 Å². The Kier molecular flexibility index (Phi) is 3.47. The molecule has 2 N–H and O–H groups in total. The summed E-state index contributed by atoms with van der Waals surface area (Å²) in [7, 11) is 0. The molecule has 0 radical (unpaired) electrons. The molecule has 2 aromatic carbocycles. The Morgan fingerprint density at radius 3 is 2.89 bits per heavy atom. The Hall–Kier alpha value is -1.87. The average molecular weight is 268 g/mol. The monoisotopic (exact) mass is 268 g/mol. The van der Waals surface area contributed by atoms with Gasteiger partial charge in [0.25, 0.3) is 0 Å². The van der Waals surface area contributed by atoms with Crippen LogP contribution in [0.5, 0.6) is 0 Å². The number of rotatable bonds is 4. The van der Waals surface area contributed by atoms with Crippen LogP contribution in [0.1, 0.15) is 5.56 Å². The third-order valence-electron chi connectivity index (χ3n) is 3.24. The second kappa shape index (κ2) is 5.41. The van der Waals surface area contributed by atoms with Crippen molar-refractivity contribution in [3.05, 3.63) is 60.3 Å². The first-order chi connectivity index (χ1) is 9.36. The summed E-state index contributed by atoms with van der Waals surface area (Å²) in [4.78, 5) is 4.53. The predicted octanol–water partition coefficient (Wildman–Crippen LogP) is 4.50. The van der Waals surface area contributed by atoms with Crippen LogP contribution in [0.3, 0.4) is 0 Å². The molecule has 0 atom stereocenters. The molecule has 3 aromatic rings. The lowest BCUT2D eigenvalue weighted by Gasteiger charge is -2.08. The van der Waals surface area contributed by atoms with E-state index in [0.29, 0.717) is 0 Å². The molecular weight excluding hydrogens is 252 g/mol. The van der Waals surface area contributed by atoms with Crippen molar-refractivity contribution in [2.75, 3.05) is 11.6 Å². The fourth-order valence-electron chi connectivity index (χ4n) is 2.23. The summed E-state index contributed by atoms with van der Waals surface area (Å²) < 4.78 is 0. The Balaban J connectivity index is 1.80. The van der Waals surface area contributed by atoms with E-state index in [0.717, 1.165) is 6.54 Å². The SMILES string of the molecule is CSc1cccc(NCc2cccc3[nH]ccc23)c1. The molecule has 0 amide bonds. The van der Waals surface area contributed by atoms with Crippen LogP contribution in [0, 0.1) is 0 Å². The number of aromatic amines is 1. The van der Waals surface area contributed by atoms with Gasteiger partial charge in [-0.3, -0.25) is 0 Å². The van der Waals surface area contributed by atoms with E-state index in [-0.39, 0.29) is 0 Å². The Morgan fingerprint density at radius 1 is 1.11 bits per heavy atom. The van der Waals surface area contributed by atoms with Gasteiger partial charge < -0.3 is 10.3 Å². The topological polar surface area (TPSA) is 27.8 Å². The molecule has 0 saturated carbocycles. The van der Waals surface area contributed by atoms with Crippen molar-refractivity contribution in [3.8, 4) is 0 Å². The zero-order chi connectivity index (χ0) is 13.1. The lowest BCUT2D eigenvalue weighted by Crippen LogP contribution is -1.99. The highest BCUT2D eigenvalue weighted by molar-refractivity contribution is 7.98. The highest BCUT2D eigenvalue weighted by Crippen LogP contribution is 2.21. The average Bonchev–Trinajstić information content (AvgIpc) is 2.94. The highest BCUT2D eigenvalue weighted by Gasteiger charge is 2.01. The van der Waals surface area contributed by atoms with Crippen molar-refractivity contribution >= 4 is 28.4 Å². The van der Waals surface area contributed by atoms with E-state index in [2.05, 4.69) is 65.1 Å². The molecule has 3 rings (SSSR count). The smallest absolute Gasteiger partial charge is 0.0457 e. The van der Waals surface area contributed by atoms with Crippen LogP contribution in [-0.4, -0.2) is 11.2 Å². The molecule has 0 aliphatic heterocycles. The number of thioether (sulfide) groups is 1. The molecule has 2 nitrogen and oxygen atoms in total. The maximum absolute atomic E-state index is 3.49. The van der Waals surface area contributed by atoms with Crippen molar-refractivity contribution < 1.29 is 0 Å². The molecule has 0 unspecified atom stereocenters. The van der Waals surface area contributed by atoms with E-state index in [9.17, 15) is 0 Å². The van der Waals surface area contributed by atoms with Crippen LogP contribution in [0.15, 0.2) is 59.6 Å². The van der Waals surface area contributed by atoms with Gasteiger partial charge in [-0.05, 0) is 42.2 Å². The molecule has 0 fully saturated rings. The molecule has 0 aliphatic carbocycles. The van der Waals surface area contributed by atoms with E-state index >= 15 is 0 Å². The normalized spacial score (nSPS) is 10.8. The van der Waals surface area contributed by atoms with E-state index < -0.39 is 0 Å². The number of benzene rings is 2. The summed E-state index contributed by atoms with van der Waals surface area (Å²) in [5.74, 6) is 0.